The van der Waals surface area contributed by atoms with E-state index in [0.717, 1.165) is 49.3 Å². The van der Waals surface area contributed by atoms with E-state index in [4.69, 9.17) is 5.73 Å². The van der Waals surface area contributed by atoms with Crippen molar-refractivity contribution in [1.82, 2.24) is 14.9 Å². The normalized spacial score (nSPS) is 18.7. The molecule has 6 heteroatoms. The summed E-state index contributed by atoms with van der Waals surface area (Å²) in [6.07, 6.45) is 7.47. The summed E-state index contributed by atoms with van der Waals surface area (Å²) in [5.74, 6) is 1.18. The highest BCUT2D eigenvalue weighted by Crippen LogP contribution is 2.24. The maximum Gasteiger partial charge on any atom is 0.263 e. The lowest BCUT2D eigenvalue weighted by Gasteiger charge is -2.19. The van der Waals surface area contributed by atoms with Crippen LogP contribution in [0.4, 0.5) is 5.82 Å². The number of aromatic nitrogens is 2. The largest absolute Gasteiger partial charge is 0.382 e. The average molecular weight is 330 g/mol. The van der Waals surface area contributed by atoms with Crippen molar-refractivity contribution >= 4 is 23.1 Å². The highest BCUT2D eigenvalue weighted by Gasteiger charge is 2.22. The van der Waals surface area contributed by atoms with Crippen molar-refractivity contribution in [3.8, 4) is 0 Å². The number of nitrogens with two attached hydrogens (primary N) is 1. The first kappa shape index (κ1) is 15.9. The lowest BCUT2D eigenvalue weighted by molar-refractivity contribution is 0.0765. The number of nitrogen functional groups attached to an aromatic ring is 1. The van der Waals surface area contributed by atoms with Gasteiger partial charge in [0.1, 0.15) is 5.82 Å². The molecule has 2 aromatic rings. The molecule has 0 radical (unpaired) electrons. The van der Waals surface area contributed by atoms with Crippen molar-refractivity contribution in [3.05, 3.63) is 40.0 Å². The molecule has 3 heterocycles. The molecule has 2 N–H and O–H groups in total. The molecule has 23 heavy (non-hydrogen) atoms. The van der Waals surface area contributed by atoms with Gasteiger partial charge in [0.05, 0.1) is 23.0 Å². The summed E-state index contributed by atoms with van der Waals surface area (Å²) in [5.41, 5.74) is 6.56. The van der Waals surface area contributed by atoms with Crippen LogP contribution in [-0.2, 0) is 6.42 Å². The van der Waals surface area contributed by atoms with E-state index in [1.54, 1.807) is 23.7 Å². The van der Waals surface area contributed by atoms with Gasteiger partial charge in [-0.2, -0.15) is 0 Å². The first-order valence-electron chi connectivity index (χ1n) is 8.04. The third kappa shape index (κ3) is 4.07. The van der Waals surface area contributed by atoms with E-state index in [-0.39, 0.29) is 5.91 Å². The molecule has 2 aromatic heterocycles. The first-order valence-corrected chi connectivity index (χ1v) is 8.85. The Kier molecular flexibility index (Phi) is 4.91. The van der Waals surface area contributed by atoms with Crippen LogP contribution in [0.1, 0.15) is 39.5 Å². The number of thiophene rings is 1. The Hall–Kier alpha value is -1.95. The minimum Gasteiger partial charge on any atom is -0.382 e. The number of rotatable bonds is 3. The molecule has 1 atom stereocenters. The van der Waals surface area contributed by atoms with Gasteiger partial charge in [-0.1, -0.05) is 0 Å². The molecular formula is C17H22N4OS. The third-order valence-corrected chi connectivity index (χ3v) is 5.30. The smallest absolute Gasteiger partial charge is 0.263 e. The molecule has 0 saturated carbocycles. The van der Waals surface area contributed by atoms with Gasteiger partial charge in [-0.15, -0.1) is 11.3 Å². The highest BCUT2D eigenvalue weighted by atomic mass is 32.1. The van der Waals surface area contributed by atoms with Crippen LogP contribution in [0, 0.1) is 12.8 Å². The number of likely N-dealkylation sites (tertiary alicyclic amines) is 1. The topological polar surface area (TPSA) is 72.1 Å². The summed E-state index contributed by atoms with van der Waals surface area (Å²) < 4.78 is 0. The number of amides is 1. The zero-order valence-electron chi connectivity index (χ0n) is 13.4. The summed E-state index contributed by atoms with van der Waals surface area (Å²) in [7, 11) is 0. The van der Waals surface area contributed by atoms with E-state index in [9.17, 15) is 4.79 Å². The van der Waals surface area contributed by atoms with Crippen LogP contribution in [0.15, 0.2) is 24.5 Å². The number of carbonyl (C=O) groups excluding carboxylic acids is 1. The van der Waals surface area contributed by atoms with Gasteiger partial charge in [-0.3, -0.25) is 9.78 Å². The van der Waals surface area contributed by atoms with Gasteiger partial charge in [0.25, 0.3) is 5.91 Å². The molecule has 3 rings (SSSR count). The van der Waals surface area contributed by atoms with Crippen molar-refractivity contribution < 1.29 is 4.79 Å². The highest BCUT2D eigenvalue weighted by molar-refractivity contribution is 7.13. The van der Waals surface area contributed by atoms with Crippen molar-refractivity contribution in [2.75, 3.05) is 18.8 Å². The Labute approximate surface area is 140 Å². The van der Waals surface area contributed by atoms with E-state index in [0.29, 0.717) is 11.7 Å². The Morgan fingerprint density at radius 1 is 1.30 bits per heavy atom. The molecule has 0 unspecified atom stereocenters. The Morgan fingerprint density at radius 2 is 2.17 bits per heavy atom. The van der Waals surface area contributed by atoms with Crippen molar-refractivity contribution in [1.29, 1.82) is 0 Å². The summed E-state index contributed by atoms with van der Waals surface area (Å²) in [6, 6.07) is 3.95. The number of anilines is 1. The van der Waals surface area contributed by atoms with E-state index >= 15 is 0 Å². The molecule has 1 saturated heterocycles. The van der Waals surface area contributed by atoms with E-state index in [1.165, 1.54) is 4.88 Å². The van der Waals surface area contributed by atoms with Gasteiger partial charge in [-0.25, -0.2) is 4.98 Å². The van der Waals surface area contributed by atoms with Crippen LogP contribution < -0.4 is 5.73 Å². The molecule has 1 aliphatic heterocycles. The molecule has 1 amide bonds. The molecule has 0 aromatic carbocycles. The molecule has 1 aliphatic rings. The molecule has 1 fully saturated rings. The molecule has 0 spiro atoms. The summed E-state index contributed by atoms with van der Waals surface area (Å²) >= 11 is 1.58. The van der Waals surface area contributed by atoms with Gasteiger partial charge in [0, 0.05) is 18.0 Å². The fourth-order valence-corrected chi connectivity index (χ4v) is 3.88. The number of hydrogen-bond acceptors (Lipinski definition) is 5. The number of hydrogen-bond donors (Lipinski definition) is 1. The van der Waals surface area contributed by atoms with Crippen molar-refractivity contribution in [2.24, 2.45) is 5.92 Å². The molecule has 5 nitrogen and oxygen atoms in total. The lowest BCUT2D eigenvalue weighted by atomic mass is 9.95. The molecule has 0 aliphatic carbocycles. The van der Waals surface area contributed by atoms with Crippen molar-refractivity contribution in [2.45, 2.75) is 32.6 Å². The van der Waals surface area contributed by atoms with E-state index in [1.807, 2.05) is 24.0 Å². The summed E-state index contributed by atoms with van der Waals surface area (Å²) in [4.78, 5) is 25.1. The monoisotopic (exact) mass is 330 g/mol. The maximum atomic E-state index is 12.6. The number of carbonyl (C=O) groups is 1. The van der Waals surface area contributed by atoms with Gasteiger partial charge in [0.15, 0.2) is 0 Å². The SMILES string of the molecule is Cc1ccc(C(=O)N2CCC[C@H](Cc3cnc(N)cn3)CC2)s1. The Bertz CT molecular complexity index is 667. The zero-order valence-corrected chi connectivity index (χ0v) is 14.2. The second-order valence-electron chi connectivity index (χ2n) is 6.14. The maximum absolute atomic E-state index is 12.6. The minimum absolute atomic E-state index is 0.177. The van der Waals surface area contributed by atoms with Crippen LogP contribution in [0.25, 0.3) is 0 Å². The molecular weight excluding hydrogens is 308 g/mol. The number of nitrogens with zero attached hydrogens (tertiary/aromatic N) is 3. The van der Waals surface area contributed by atoms with Gasteiger partial charge in [-0.05, 0) is 50.7 Å². The lowest BCUT2D eigenvalue weighted by Crippen LogP contribution is -2.31. The standard InChI is InChI=1S/C17H22N4OS/c1-12-4-5-15(23-12)17(22)21-7-2-3-13(6-8-21)9-14-10-20-16(18)11-19-14/h4-5,10-11,13H,2-3,6-9H2,1H3,(H2,18,20)/t13-/m0/s1. The van der Waals surface area contributed by atoms with E-state index < -0.39 is 0 Å². The first-order chi connectivity index (χ1) is 11.1. The third-order valence-electron chi connectivity index (χ3n) is 4.31. The fraction of sp³-hybridized carbons (Fsp3) is 0.471. The second-order valence-corrected chi connectivity index (χ2v) is 7.42. The zero-order chi connectivity index (χ0) is 16.2. The Morgan fingerprint density at radius 3 is 2.87 bits per heavy atom. The predicted molar refractivity (Wildman–Crippen MR) is 92.4 cm³/mol. The average Bonchev–Trinajstić information content (AvgIpc) is 2.84. The van der Waals surface area contributed by atoms with Crippen LogP contribution in [0.5, 0.6) is 0 Å². The summed E-state index contributed by atoms with van der Waals surface area (Å²) in [6.45, 7) is 3.70. The second kappa shape index (κ2) is 7.08. The van der Waals surface area contributed by atoms with Gasteiger partial charge >= 0.3 is 0 Å². The van der Waals surface area contributed by atoms with Gasteiger partial charge < -0.3 is 10.6 Å². The molecule has 122 valence electrons. The summed E-state index contributed by atoms with van der Waals surface area (Å²) in [5, 5.41) is 0. The molecule has 0 bridgehead atoms. The fourth-order valence-electron chi connectivity index (χ4n) is 3.04. The Balaban J connectivity index is 1.58. The van der Waals surface area contributed by atoms with Gasteiger partial charge in [0.2, 0.25) is 0 Å². The van der Waals surface area contributed by atoms with Crippen LogP contribution in [-0.4, -0.2) is 33.9 Å². The van der Waals surface area contributed by atoms with Crippen molar-refractivity contribution in [3.63, 3.8) is 0 Å². The van der Waals surface area contributed by atoms with Crippen LogP contribution in [0.3, 0.4) is 0 Å². The van der Waals surface area contributed by atoms with Crippen LogP contribution in [0.2, 0.25) is 0 Å². The predicted octanol–water partition coefficient (Wildman–Crippen LogP) is 2.91. The van der Waals surface area contributed by atoms with Crippen LogP contribution >= 0.6 is 11.3 Å². The minimum atomic E-state index is 0.177. The van der Waals surface area contributed by atoms with E-state index in [2.05, 4.69) is 9.97 Å². The number of aryl methyl sites for hydroxylation is 1. The quantitative estimate of drug-likeness (QED) is 0.939.